The number of hydrogen-bond acceptors (Lipinski definition) is 8. The summed E-state index contributed by atoms with van der Waals surface area (Å²) in [5, 5.41) is 11.1. The third-order valence-corrected chi connectivity index (χ3v) is 5.15. The highest BCUT2D eigenvalue weighted by molar-refractivity contribution is 7.14. The van der Waals surface area contributed by atoms with E-state index in [1.54, 1.807) is 6.07 Å². The number of benzene rings is 1. The number of anilines is 1. The molecule has 0 spiro atoms. The monoisotopic (exact) mass is 390 g/mol. The van der Waals surface area contributed by atoms with Crippen LogP contribution in [0.5, 0.6) is 0 Å². The largest absolute Gasteiger partial charge is 0.454 e. The van der Waals surface area contributed by atoms with Crippen molar-refractivity contribution < 1.29 is 24.0 Å². The second kappa shape index (κ2) is 8.28. The minimum Gasteiger partial charge on any atom is -0.454 e. The lowest BCUT2D eigenvalue weighted by molar-refractivity contribution is -0.384. The number of hydrogen-bond donors (Lipinski definition) is 0. The van der Waals surface area contributed by atoms with Gasteiger partial charge in [-0.1, -0.05) is 0 Å². The van der Waals surface area contributed by atoms with Crippen LogP contribution >= 0.6 is 11.3 Å². The number of esters is 1. The molecule has 0 amide bonds. The number of rotatable bonds is 6. The molecule has 9 heteroatoms. The van der Waals surface area contributed by atoms with Crippen molar-refractivity contribution in [1.29, 1.82) is 0 Å². The maximum Gasteiger partial charge on any atom is 0.340 e. The molecule has 142 valence electrons. The van der Waals surface area contributed by atoms with E-state index in [4.69, 9.17) is 9.47 Å². The Morgan fingerprint density at radius 2 is 2.00 bits per heavy atom. The third kappa shape index (κ3) is 4.50. The molecule has 1 aromatic carbocycles. The van der Waals surface area contributed by atoms with Crippen LogP contribution in [0.3, 0.4) is 0 Å². The quantitative estimate of drug-likeness (QED) is 0.324. The van der Waals surface area contributed by atoms with E-state index in [0.29, 0.717) is 36.9 Å². The molecule has 0 unspecified atom stereocenters. The van der Waals surface area contributed by atoms with Crippen molar-refractivity contribution in [2.24, 2.45) is 0 Å². The summed E-state index contributed by atoms with van der Waals surface area (Å²) in [6, 6.07) is 7.57. The lowest BCUT2D eigenvalue weighted by Crippen LogP contribution is -2.37. The van der Waals surface area contributed by atoms with Gasteiger partial charge in [0.15, 0.2) is 6.61 Å². The number of morpholine rings is 1. The minimum atomic E-state index is -0.762. The van der Waals surface area contributed by atoms with Crippen LogP contribution in [0.25, 0.3) is 0 Å². The number of nitrogens with zero attached hydrogens (tertiary/aromatic N) is 2. The van der Waals surface area contributed by atoms with E-state index in [9.17, 15) is 19.7 Å². The van der Waals surface area contributed by atoms with Crippen molar-refractivity contribution in [2.45, 2.75) is 6.92 Å². The Kier molecular flexibility index (Phi) is 5.82. The fraction of sp³-hybridized carbons (Fsp3) is 0.333. The second-order valence-corrected chi connectivity index (χ2v) is 7.26. The zero-order valence-electron chi connectivity index (χ0n) is 14.7. The van der Waals surface area contributed by atoms with E-state index in [2.05, 4.69) is 0 Å². The van der Waals surface area contributed by atoms with Crippen LogP contribution in [0.15, 0.2) is 30.3 Å². The molecule has 1 fully saturated rings. The van der Waals surface area contributed by atoms with Gasteiger partial charge in [-0.2, -0.15) is 0 Å². The average molecular weight is 390 g/mol. The first-order chi connectivity index (χ1) is 13.0. The van der Waals surface area contributed by atoms with Crippen LogP contribution in [-0.2, 0) is 9.47 Å². The van der Waals surface area contributed by atoms with Crippen molar-refractivity contribution in [3.8, 4) is 0 Å². The molecule has 0 aliphatic carbocycles. The number of ether oxygens (including phenoxy) is 2. The zero-order valence-corrected chi connectivity index (χ0v) is 15.5. The standard InChI is InChI=1S/C18H18N2O6S/c1-12-2-5-17(27-12)16(21)11-26-18(22)14-10-13(20(23)24)3-4-15(14)19-6-8-25-9-7-19/h2-5,10H,6-9,11H2,1H3. The van der Waals surface area contributed by atoms with Crippen LogP contribution in [-0.4, -0.2) is 49.6 Å². The minimum absolute atomic E-state index is 0.0706. The van der Waals surface area contributed by atoms with Crippen molar-refractivity contribution >= 4 is 34.5 Å². The summed E-state index contributed by atoms with van der Waals surface area (Å²) in [7, 11) is 0. The lowest BCUT2D eigenvalue weighted by Gasteiger charge is -2.30. The summed E-state index contributed by atoms with van der Waals surface area (Å²) in [5.74, 6) is -1.07. The number of carbonyl (C=O) groups is 2. The van der Waals surface area contributed by atoms with E-state index in [1.165, 1.54) is 29.5 Å². The SMILES string of the molecule is Cc1ccc(C(=O)COC(=O)c2cc([N+](=O)[O-])ccc2N2CCOCC2)s1. The predicted molar refractivity (Wildman–Crippen MR) is 99.8 cm³/mol. The normalized spacial score (nSPS) is 14.0. The molecule has 1 saturated heterocycles. The highest BCUT2D eigenvalue weighted by Gasteiger charge is 2.24. The molecule has 2 aromatic rings. The Balaban J connectivity index is 1.79. The molecule has 1 aliphatic rings. The summed E-state index contributed by atoms with van der Waals surface area (Å²) in [4.78, 5) is 38.6. The molecule has 0 atom stereocenters. The number of nitro groups is 1. The first-order valence-electron chi connectivity index (χ1n) is 8.33. The molecule has 3 rings (SSSR count). The molecule has 1 aromatic heterocycles. The Labute approximate surface area is 159 Å². The van der Waals surface area contributed by atoms with Crippen molar-refractivity contribution in [2.75, 3.05) is 37.8 Å². The van der Waals surface area contributed by atoms with Gasteiger partial charge < -0.3 is 14.4 Å². The van der Waals surface area contributed by atoms with Gasteiger partial charge in [-0.15, -0.1) is 11.3 Å². The first kappa shape index (κ1) is 19.0. The van der Waals surface area contributed by atoms with Gasteiger partial charge in [-0.3, -0.25) is 14.9 Å². The fourth-order valence-corrected chi connectivity index (χ4v) is 3.54. The molecule has 2 heterocycles. The number of aryl methyl sites for hydroxylation is 1. The van der Waals surface area contributed by atoms with Gasteiger partial charge in [0.05, 0.1) is 34.3 Å². The van der Waals surface area contributed by atoms with E-state index in [1.807, 2.05) is 17.9 Å². The van der Waals surface area contributed by atoms with E-state index < -0.39 is 17.5 Å². The fourth-order valence-electron chi connectivity index (χ4n) is 2.75. The summed E-state index contributed by atoms with van der Waals surface area (Å²) in [6.45, 7) is 3.59. The highest BCUT2D eigenvalue weighted by atomic mass is 32.1. The predicted octanol–water partition coefficient (Wildman–Crippen LogP) is 2.84. The van der Waals surface area contributed by atoms with Crippen molar-refractivity contribution in [1.82, 2.24) is 0 Å². The molecular formula is C18H18N2O6S. The van der Waals surface area contributed by atoms with Crippen LogP contribution < -0.4 is 4.90 Å². The Bertz CT molecular complexity index is 872. The summed E-state index contributed by atoms with van der Waals surface area (Å²) in [6.07, 6.45) is 0. The zero-order chi connectivity index (χ0) is 19.4. The maximum absolute atomic E-state index is 12.6. The summed E-state index contributed by atoms with van der Waals surface area (Å²) >= 11 is 1.32. The average Bonchev–Trinajstić information content (AvgIpc) is 3.12. The van der Waals surface area contributed by atoms with Crippen LogP contribution in [0.4, 0.5) is 11.4 Å². The lowest BCUT2D eigenvalue weighted by atomic mass is 10.1. The molecular weight excluding hydrogens is 372 g/mol. The topological polar surface area (TPSA) is 99.0 Å². The molecule has 0 radical (unpaired) electrons. The van der Waals surface area contributed by atoms with Crippen molar-refractivity contribution in [3.05, 3.63) is 55.8 Å². The molecule has 0 N–H and O–H groups in total. The van der Waals surface area contributed by atoms with Gasteiger partial charge in [0.2, 0.25) is 5.78 Å². The Morgan fingerprint density at radius 1 is 1.26 bits per heavy atom. The number of non-ortho nitro benzene ring substituents is 1. The summed E-state index contributed by atoms with van der Waals surface area (Å²) < 4.78 is 10.5. The number of nitro benzene ring substituents is 1. The van der Waals surface area contributed by atoms with Gasteiger partial charge in [0.25, 0.3) is 5.69 Å². The van der Waals surface area contributed by atoms with Crippen LogP contribution in [0.2, 0.25) is 0 Å². The van der Waals surface area contributed by atoms with Crippen LogP contribution in [0.1, 0.15) is 24.9 Å². The summed E-state index contributed by atoms with van der Waals surface area (Å²) in [5.41, 5.74) is 0.397. The smallest absolute Gasteiger partial charge is 0.340 e. The Hall–Kier alpha value is -2.78. The van der Waals surface area contributed by atoms with Gasteiger partial charge in [-0.05, 0) is 25.1 Å². The van der Waals surface area contributed by atoms with Gasteiger partial charge in [0.1, 0.15) is 0 Å². The molecule has 0 bridgehead atoms. The van der Waals surface area contributed by atoms with Gasteiger partial charge in [-0.25, -0.2) is 4.79 Å². The van der Waals surface area contributed by atoms with Gasteiger partial charge >= 0.3 is 5.97 Å². The molecule has 27 heavy (non-hydrogen) atoms. The van der Waals surface area contributed by atoms with Crippen LogP contribution in [0, 0.1) is 17.0 Å². The number of carbonyl (C=O) groups excluding carboxylic acids is 2. The number of ketones is 1. The van der Waals surface area contributed by atoms with E-state index >= 15 is 0 Å². The van der Waals surface area contributed by atoms with Gasteiger partial charge in [0, 0.05) is 30.1 Å². The third-order valence-electron chi connectivity index (χ3n) is 4.11. The highest BCUT2D eigenvalue weighted by Crippen LogP contribution is 2.27. The number of thiophene rings is 1. The molecule has 1 aliphatic heterocycles. The van der Waals surface area contributed by atoms with Crippen molar-refractivity contribution in [3.63, 3.8) is 0 Å². The second-order valence-electron chi connectivity index (χ2n) is 5.97. The molecule has 0 saturated carbocycles. The maximum atomic E-state index is 12.6. The molecule has 8 nitrogen and oxygen atoms in total. The van der Waals surface area contributed by atoms with E-state index in [-0.39, 0.29) is 17.0 Å². The number of Topliss-reactive ketones (excluding diaryl/α,β-unsaturated/α-hetero) is 1. The van der Waals surface area contributed by atoms with E-state index in [0.717, 1.165) is 4.88 Å². The Morgan fingerprint density at radius 3 is 2.63 bits per heavy atom. The first-order valence-corrected chi connectivity index (χ1v) is 9.15.